The molecule has 5 nitrogen and oxygen atoms in total. The van der Waals surface area contributed by atoms with Crippen molar-refractivity contribution in [3.05, 3.63) is 0 Å². The molecule has 2 unspecified atom stereocenters. The standard InChI is InChI=1S/C25H51NO4/c1-4-7-9-10-11-14-17-23(6-3)25(29)30-20-16-13-12-15-19-26(18-8-5-2)21-24(28)22-27/h23-24,27-28H,4-22H2,1-3H3. The van der Waals surface area contributed by atoms with Crippen LogP contribution in [-0.4, -0.2) is 60.0 Å². The minimum Gasteiger partial charge on any atom is -0.465 e. The first-order valence-corrected chi connectivity index (χ1v) is 12.8. The molecule has 0 aromatic carbocycles. The topological polar surface area (TPSA) is 70.0 Å². The van der Waals surface area contributed by atoms with Gasteiger partial charge in [-0.15, -0.1) is 0 Å². The average Bonchev–Trinajstić information content (AvgIpc) is 2.75. The number of hydrogen-bond donors (Lipinski definition) is 2. The van der Waals surface area contributed by atoms with Crippen molar-refractivity contribution in [2.75, 3.05) is 32.8 Å². The smallest absolute Gasteiger partial charge is 0.308 e. The lowest BCUT2D eigenvalue weighted by atomic mass is 9.98. The van der Waals surface area contributed by atoms with Crippen LogP contribution in [0.3, 0.4) is 0 Å². The molecular formula is C25H51NO4. The van der Waals surface area contributed by atoms with E-state index in [9.17, 15) is 9.90 Å². The zero-order valence-electron chi connectivity index (χ0n) is 20.2. The van der Waals surface area contributed by atoms with Crippen molar-refractivity contribution in [3.63, 3.8) is 0 Å². The molecule has 0 saturated heterocycles. The Balaban J connectivity index is 3.81. The maximum atomic E-state index is 12.3. The van der Waals surface area contributed by atoms with Gasteiger partial charge in [0.15, 0.2) is 0 Å². The van der Waals surface area contributed by atoms with Crippen LogP contribution in [0.4, 0.5) is 0 Å². The lowest BCUT2D eigenvalue weighted by molar-refractivity contribution is -0.149. The van der Waals surface area contributed by atoms with Crippen molar-refractivity contribution < 1.29 is 19.7 Å². The summed E-state index contributed by atoms with van der Waals surface area (Å²) in [6, 6.07) is 0. The third-order valence-electron chi connectivity index (χ3n) is 5.85. The summed E-state index contributed by atoms with van der Waals surface area (Å²) in [6.45, 7) is 9.32. The first-order chi connectivity index (χ1) is 14.6. The van der Waals surface area contributed by atoms with Crippen LogP contribution in [0.15, 0.2) is 0 Å². The normalized spacial score (nSPS) is 13.5. The molecule has 0 amide bonds. The Bertz CT molecular complexity index is 378. The van der Waals surface area contributed by atoms with Gasteiger partial charge in [0.05, 0.1) is 25.2 Å². The van der Waals surface area contributed by atoms with E-state index in [0.717, 1.165) is 70.9 Å². The first-order valence-electron chi connectivity index (χ1n) is 12.8. The van der Waals surface area contributed by atoms with Crippen LogP contribution >= 0.6 is 0 Å². The Morgan fingerprint density at radius 2 is 1.43 bits per heavy atom. The third-order valence-corrected chi connectivity index (χ3v) is 5.85. The van der Waals surface area contributed by atoms with Crippen LogP contribution in [0.2, 0.25) is 0 Å². The fourth-order valence-corrected chi connectivity index (χ4v) is 3.77. The number of nitrogens with zero attached hydrogens (tertiary/aromatic N) is 1. The van der Waals surface area contributed by atoms with Gasteiger partial charge in [-0.25, -0.2) is 0 Å². The highest BCUT2D eigenvalue weighted by Crippen LogP contribution is 2.17. The summed E-state index contributed by atoms with van der Waals surface area (Å²) in [4.78, 5) is 14.5. The van der Waals surface area contributed by atoms with Gasteiger partial charge in [0.25, 0.3) is 0 Å². The predicted molar refractivity (Wildman–Crippen MR) is 126 cm³/mol. The Hall–Kier alpha value is -0.650. The number of hydrogen-bond acceptors (Lipinski definition) is 5. The van der Waals surface area contributed by atoms with Crippen molar-refractivity contribution in [2.45, 2.75) is 117 Å². The van der Waals surface area contributed by atoms with E-state index in [4.69, 9.17) is 9.84 Å². The number of carbonyl (C=O) groups is 1. The van der Waals surface area contributed by atoms with Crippen LogP contribution in [0, 0.1) is 5.92 Å². The Morgan fingerprint density at radius 1 is 0.833 bits per heavy atom. The molecule has 2 N–H and O–H groups in total. The molecule has 0 aromatic heterocycles. The zero-order valence-corrected chi connectivity index (χ0v) is 20.2. The maximum Gasteiger partial charge on any atom is 0.308 e. The Morgan fingerprint density at radius 3 is 2.10 bits per heavy atom. The molecule has 180 valence electrons. The minimum atomic E-state index is -0.649. The predicted octanol–water partition coefficient (Wildman–Crippen LogP) is 5.32. The van der Waals surface area contributed by atoms with E-state index < -0.39 is 6.10 Å². The number of aliphatic hydroxyl groups is 2. The van der Waals surface area contributed by atoms with Crippen LogP contribution in [0.5, 0.6) is 0 Å². The number of rotatable bonds is 22. The van der Waals surface area contributed by atoms with Gasteiger partial charge in [0.2, 0.25) is 0 Å². The van der Waals surface area contributed by atoms with Crippen LogP contribution in [0.25, 0.3) is 0 Å². The zero-order chi connectivity index (χ0) is 22.5. The van der Waals surface area contributed by atoms with Gasteiger partial charge in [-0.05, 0) is 45.2 Å². The van der Waals surface area contributed by atoms with Gasteiger partial charge in [-0.1, -0.05) is 78.6 Å². The van der Waals surface area contributed by atoms with E-state index in [0.29, 0.717) is 13.2 Å². The van der Waals surface area contributed by atoms with E-state index in [1.165, 1.54) is 32.1 Å². The second-order valence-corrected chi connectivity index (χ2v) is 8.73. The van der Waals surface area contributed by atoms with Crippen molar-refractivity contribution >= 4 is 5.97 Å². The third kappa shape index (κ3) is 17.1. The largest absolute Gasteiger partial charge is 0.465 e. The Labute approximate surface area is 186 Å². The minimum absolute atomic E-state index is 0.00482. The Kier molecular flexibility index (Phi) is 21.1. The molecule has 0 fully saturated rings. The second kappa shape index (κ2) is 21.6. The summed E-state index contributed by atoms with van der Waals surface area (Å²) >= 11 is 0. The van der Waals surface area contributed by atoms with Crippen LogP contribution < -0.4 is 0 Å². The number of ether oxygens (including phenoxy) is 1. The molecule has 0 aliphatic heterocycles. The van der Waals surface area contributed by atoms with Crippen LogP contribution in [-0.2, 0) is 9.53 Å². The van der Waals surface area contributed by atoms with Gasteiger partial charge in [0, 0.05) is 6.54 Å². The highest BCUT2D eigenvalue weighted by Gasteiger charge is 2.17. The molecule has 5 heteroatoms. The number of aliphatic hydroxyl groups excluding tert-OH is 2. The lowest BCUT2D eigenvalue weighted by Gasteiger charge is -2.24. The van der Waals surface area contributed by atoms with Crippen molar-refractivity contribution in [1.82, 2.24) is 4.90 Å². The van der Waals surface area contributed by atoms with E-state index in [1.807, 2.05) is 0 Å². The molecular weight excluding hydrogens is 378 g/mol. The molecule has 0 saturated carbocycles. The van der Waals surface area contributed by atoms with Gasteiger partial charge in [0.1, 0.15) is 0 Å². The highest BCUT2D eigenvalue weighted by atomic mass is 16.5. The molecule has 0 spiro atoms. The fraction of sp³-hybridized carbons (Fsp3) is 0.960. The summed E-state index contributed by atoms with van der Waals surface area (Å²) in [7, 11) is 0. The molecule has 0 rings (SSSR count). The SMILES string of the molecule is CCCCCCCCC(CC)C(=O)OCCCCCCN(CCCC)CC(O)CO. The van der Waals surface area contributed by atoms with Gasteiger partial charge < -0.3 is 19.8 Å². The summed E-state index contributed by atoms with van der Waals surface area (Å²) in [5, 5.41) is 18.7. The monoisotopic (exact) mass is 429 g/mol. The van der Waals surface area contributed by atoms with Gasteiger partial charge in [-0.2, -0.15) is 0 Å². The summed E-state index contributed by atoms with van der Waals surface area (Å²) in [6.07, 6.45) is 15.2. The van der Waals surface area contributed by atoms with Gasteiger partial charge in [-0.3, -0.25) is 4.79 Å². The molecule has 30 heavy (non-hydrogen) atoms. The van der Waals surface area contributed by atoms with Crippen molar-refractivity contribution in [3.8, 4) is 0 Å². The van der Waals surface area contributed by atoms with Gasteiger partial charge >= 0.3 is 5.97 Å². The molecule has 0 bridgehead atoms. The molecule has 2 atom stereocenters. The van der Waals surface area contributed by atoms with Crippen LogP contribution in [0.1, 0.15) is 111 Å². The number of unbranched alkanes of at least 4 members (excludes halogenated alkanes) is 9. The molecule has 0 aliphatic carbocycles. The molecule has 0 aromatic rings. The first kappa shape index (κ1) is 29.4. The average molecular weight is 430 g/mol. The van der Waals surface area contributed by atoms with E-state index in [1.54, 1.807) is 0 Å². The van der Waals surface area contributed by atoms with Crippen molar-refractivity contribution in [2.24, 2.45) is 5.92 Å². The number of carbonyl (C=O) groups excluding carboxylic acids is 1. The summed E-state index contributed by atoms with van der Waals surface area (Å²) in [5.74, 6) is 0.0658. The highest BCUT2D eigenvalue weighted by molar-refractivity contribution is 5.72. The maximum absolute atomic E-state index is 12.3. The quantitative estimate of drug-likeness (QED) is 0.180. The van der Waals surface area contributed by atoms with E-state index >= 15 is 0 Å². The molecule has 0 aliphatic rings. The van der Waals surface area contributed by atoms with Crippen molar-refractivity contribution in [1.29, 1.82) is 0 Å². The summed E-state index contributed by atoms with van der Waals surface area (Å²) in [5.41, 5.74) is 0. The fourth-order valence-electron chi connectivity index (χ4n) is 3.77. The van der Waals surface area contributed by atoms with E-state index in [-0.39, 0.29) is 18.5 Å². The second-order valence-electron chi connectivity index (χ2n) is 8.73. The van der Waals surface area contributed by atoms with E-state index in [2.05, 4.69) is 25.7 Å². The molecule has 0 heterocycles. The molecule has 0 radical (unpaired) electrons. The lowest BCUT2D eigenvalue weighted by Crippen LogP contribution is -2.35. The summed E-state index contributed by atoms with van der Waals surface area (Å²) < 4.78 is 5.53. The number of esters is 1.